The van der Waals surface area contributed by atoms with Crippen LogP contribution in [0.2, 0.25) is 0 Å². The van der Waals surface area contributed by atoms with Crippen molar-refractivity contribution in [2.45, 2.75) is 37.9 Å². The van der Waals surface area contributed by atoms with E-state index in [1.165, 1.54) is 0 Å². The highest BCUT2D eigenvalue weighted by Gasteiger charge is 2.23. The molecule has 2 N–H and O–H groups in total. The van der Waals surface area contributed by atoms with Crippen molar-refractivity contribution >= 4 is 5.69 Å². The van der Waals surface area contributed by atoms with Crippen molar-refractivity contribution in [2.75, 3.05) is 12.8 Å². The number of nitrogen functional groups attached to an aromatic ring is 1. The Hall–Kier alpha value is -1.73. The zero-order chi connectivity index (χ0) is 13.0. The van der Waals surface area contributed by atoms with Crippen LogP contribution in [0.25, 0.3) is 0 Å². The molecule has 0 saturated heterocycles. The van der Waals surface area contributed by atoms with Gasteiger partial charge in [-0.3, -0.25) is 0 Å². The van der Waals surface area contributed by atoms with E-state index in [-0.39, 0.29) is 12.2 Å². The number of hydrogen-bond acceptors (Lipinski definition) is 4. The van der Waals surface area contributed by atoms with Gasteiger partial charge in [0.1, 0.15) is 11.9 Å². The molecule has 2 rings (SSSR count). The number of nitrogens with zero attached hydrogens (tertiary/aromatic N) is 1. The molecular formula is C14H18N2O2. The molecule has 1 aliphatic rings. The summed E-state index contributed by atoms with van der Waals surface area (Å²) in [7, 11) is 1.73. The normalized spacial score (nSPS) is 23.3. The molecule has 1 aromatic carbocycles. The van der Waals surface area contributed by atoms with Gasteiger partial charge in [0, 0.05) is 19.6 Å². The number of nitriles is 1. The quantitative estimate of drug-likeness (QED) is 0.832. The molecule has 0 aliphatic heterocycles. The minimum absolute atomic E-state index is 0.125. The predicted octanol–water partition coefficient (Wildman–Crippen LogP) is 2.48. The van der Waals surface area contributed by atoms with Crippen molar-refractivity contribution < 1.29 is 9.47 Å². The maximum absolute atomic E-state index is 8.87. The zero-order valence-electron chi connectivity index (χ0n) is 10.6. The van der Waals surface area contributed by atoms with Crippen LogP contribution in [0.3, 0.4) is 0 Å². The second-order valence-electron chi connectivity index (χ2n) is 4.63. The second kappa shape index (κ2) is 5.74. The Balaban J connectivity index is 2.07. The van der Waals surface area contributed by atoms with E-state index >= 15 is 0 Å². The standard InChI is InChI=1S/C14H18N2O2/c1-17-11-3-2-4-12(8-11)18-14-7-10(9-15)5-6-13(14)16/h5-7,11-12H,2-4,8,16H2,1H3. The first-order valence-corrected chi connectivity index (χ1v) is 6.22. The van der Waals surface area contributed by atoms with Crippen molar-refractivity contribution in [1.29, 1.82) is 5.26 Å². The molecule has 4 heteroatoms. The molecule has 1 aliphatic carbocycles. The molecule has 1 saturated carbocycles. The van der Waals surface area contributed by atoms with E-state index in [1.807, 2.05) is 0 Å². The van der Waals surface area contributed by atoms with Crippen LogP contribution < -0.4 is 10.5 Å². The Labute approximate surface area is 107 Å². The number of methoxy groups -OCH3 is 1. The number of rotatable bonds is 3. The molecule has 1 aromatic rings. The first kappa shape index (κ1) is 12.7. The summed E-state index contributed by atoms with van der Waals surface area (Å²) in [6.45, 7) is 0. The predicted molar refractivity (Wildman–Crippen MR) is 69.3 cm³/mol. The molecule has 0 spiro atoms. The maximum atomic E-state index is 8.87. The highest BCUT2D eigenvalue weighted by atomic mass is 16.5. The summed E-state index contributed by atoms with van der Waals surface area (Å²) >= 11 is 0. The topological polar surface area (TPSA) is 68.3 Å². The van der Waals surface area contributed by atoms with Crippen LogP contribution in [0.1, 0.15) is 31.2 Å². The van der Waals surface area contributed by atoms with E-state index in [9.17, 15) is 0 Å². The molecule has 1 fully saturated rings. The SMILES string of the molecule is COC1CCCC(Oc2cc(C#N)ccc2N)C1. The molecule has 96 valence electrons. The van der Waals surface area contributed by atoms with Gasteiger partial charge in [-0.05, 0) is 31.4 Å². The Kier molecular flexibility index (Phi) is 4.06. The van der Waals surface area contributed by atoms with Crippen LogP contribution in [0.15, 0.2) is 18.2 Å². The average Bonchev–Trinajstić information content (AvgIpc) is 2.41. The fourth-order valence-electron chi connectivity index (χ4n) is 2.31. The van der Waals surface area contributed by atoms with E-state index in [0.29, 0.717) is 17.0 Å². The van der Waals surface area contributed by atoms with E-state index < -0.39 is 0 Å². The third kappa shape index (κ3) is 2.93. The molecule has 0 bridgehead atoms. The number of hydrogen-bond donors (Lipinski definition) is 1. The van der Waals surface area contributed by atoms with Crippen LogP contribution >= 0.6 is 0 Å². The number of ether oxygens (including phenoxy) is 2. The van der Waals surface area contributed by atoms with Gasteiger partial charge in [-0.2, -0.15) is 5.26 Å². The van der Waals surface area contributed by atoms with Crippen LogP contribution in [0.4, 0.5) is 5.69 Å². The molecule has 0 aromatic heterocycles. The summed E-state index contributed by atoms with van der Waals surface area (Å²) in [6.07, 6.45) is 4.47. The highest BCUT2D eigenvalue weighted by Crippen LogP contribution is 2.29. The molecular weight excluding hydrogens is 228 g/mol. The Morgan fingerprint density at radius 1 is 1.33 bits per heavy atom. The van der Waals surface area contributed by atoms with E-state index in [0.717, 1.165) is 25.7 Å². The minimum Gasteiger partial charge on any atom is -0.488 e. The lowest BCUT2D eigenvalue weighted by Crippen LogP contribution is -2.29. The van der Waals surface area contributed by atoms with Crippen molar-refractivity contribution in [3.05, 3.63) is 23.8 Å². The smallest absolute Gasteiger partial charge is 0.143 e. The van der Waals surface area contributed by atoms with Crippen molar-refractivity contribution in [3.63, 3.8) is 0 Å². The fourth-order valence-corrected chi connectivity index (χ4v) is 2.31. The van der Waals surface area contributed by atoms with Gasteiger partial charge in [0.05, 0.1) is 23.4 Å². The van der Waals surface area contributed by atoms with E-state index in [2.05, 4.69) is 6.07 Å². The van der Waals surface area contributed by atoms with Gasteiger partial charge in [-0.15, -0.1) is 0 Å². The van der Waals surface area contributed by atoms with E-state index in [4.69, 9.17) is 20.5 Å². The summed E-state index contributed by atoms with van der Waals surface area (Å²) in [4.78, 5) is 0. The Morgan fingerprint density at radius 3 is 2.83 bits per heavy atom. The molecule has 2 unspecified atom stereocenters. The third-order valence-electron chi connectivity index (χ3n) is 3.35. The zero-order valence-corrected chi connectivity index (χ0v) is 10.6. The van der Waals surface area contributed by atoms with Gasteiger partial charge >= 0.3 is 0 Å². The first-order valence-electron chi connectivity index (χ1n) is 6.22. The highest BCUT2D eigenvalue weighted by molar-refractivity contribution is 5.56. The Morgan fingerprint density at radius 2 is 2.11 bits per heavy atom. The maximum Gasteiger partial charge on any atom is 0.143 e. The van der Waals surface area contributed by atoms with Crippen LogP contribution in [0, 0.1) is 11.3 Å². The van der Waals surface area contributed by atoms with Gasteiger partial charge in [0.15, 0.2) is 0 Å². The molecule has 0 amide bonds. The molecule has 0 heterocycles. The first-order chi connectivity index (χ1) is 8.72. The molecule has 4 nitrogen and oxygen atoms in total. The van der Waals surface area contributed by atoms with Gasteiger partial charge in [-0.25, -0.2) is 0 Å². The van der Waals surface area contributed by atoms with E-state index in [1.54, 1.807) is 25.3 Å². The molecule has 0 radical (unpaired) electrons. The monoisotopic (exact) mass is 246 g/mol. The number of benzene rings is 1. The summed E-state index contributed by atoms with van der Waals surface area (Å²) in [5.41, 5.74) is 7.01. The summed E-state index contributed by atoms with van der Waals surface area (Å²) in [6, 6.07) is 7.20. The fraction of sp³-hybridized carbons (Fsp3) is 0.500. The van der Waals surface area contributed by atoms with Crippen LogP contribution in [0.5, 0.6) is 5.75 Å². The summed E-state index contributed by atoms with van der Waals surface area (Å²) in [5, 5.41) is 8.87. The van der Waals surface area contributed by atoms with Gasteiger partial charge in [0.25, 0.3) is 0 Å². The van der Waals surface area contributed by atoms with Crippen LogP contribution in [-0.4, -0.2) is 19.3 Å². The average molecular weight is 246 g/mol. The third-order valence-corrected chi connectivity index (χ3v) is 3.35. The second-order valence-corrected chi connectivity index (χ2v) is 4.63. The van der Waals surface area contributed by atoms with Crippen molar-refractivity contribution in [3.8, 4) is 11.8 Å². The minimum atomic E-state index is 0.125. The van der Waals surface area contributed by atoms with Gasteiger partial charge < -0.3 is 15.2 Å². The van der Waals surface area contributed by atoms with Gasteiger partial charge in [-0.1, -0.05) is 0 Å². The summed E-state index contributed by atoms with van der Waals surface area (Å²) < 4.78 is 11.3. The largest absolute Gasteiger partial charge is 0.488 e. The summed E-state index contributed by atoms with van der Waals surface area (Å²) in [5.74, 6) is 0.607. The van der Waals surface area contributed by atoms with Crippen molar-refractivity contribution in [2.24, 2.45) is 0 Å². The lowest BCUT2D eigenvalue weighted by Gasteiger charge is -2.29. The lowest BCUT2D eigenvalue weighted by molar-refractivity contribution is 0.0212. The number of anilines is 1. The van der Waals surface area contributed by atoms with Crippen LogP contribution in [-0.2, 0) is 4.74 Å². The van der Waals surface area contributed by atoms with Gasteiger partial charge in [0.2, 0.25) is 0 Å². The Bertz CT molecular complexity index is 454. The molecule has 2 atom stereocenters. The number of nitrogens with two attached hydrogens (primary N) is 1. The molecule has 18 heavy (non-hydrogen) atoms. The lowest BCUT2D eigenvalue weighted by atomic mass is 9.95. The van der Waals surface area contributed by atoms with Crippen molar-refractivity contribution in [1.82, 2.24) is 0 Å².